The summed E-state index contributed by atoms with van der Waals surface area (Å²) in [6, 6.07) is 2.09. The van der Waals surface area contributed by atoms with E-state index in [1.54, 1.807) is 0 Å². The van der Waals surface area contributed by atoms with Gasteiger partial charge in [-0.3, -0.25) is 4.98 Å². The quantitative estimate of drug-likeness (QED) is 0.896. The molecule has 2 saturated heterocycles. The first-order valence-corrected chi connectivity index (χ1v) is 9.90. The summed E-state index contributed by atoms with van der Waals surface area (Å²) < 4.78 is 6.00. The summed E-state index contributed by atoms with van der Waals surface area (Å²) in [6.45, 7) is 9.98. The molecule has 6 heteroatoms. The Bertz CT molecular complexity index is 601. The topological polar surface area (TPSA) is 57.7 Å². The van der Waals surface area contributed by atoms with Crippen LogP contribution in [0.2, 0.25) is 0 Å². The van der Waals surface area contributed by atoms with Gasteiger partial charge in [-0.1, -0.05) is 12.5 Å². The maximum atomic E-state index is 12.6. The molecule has 26 heavy (non-hydrogen) atoms. The second-order valence-corrected chi connectivity index (χ2v) is 7.56. The molecule has 0 aromatic carbocycles. The van der Waals surface area contributed by atoms with Crippen LogP contribution >= 0.6 is 0 Å². The van der Waals surface area contributed by atoms with E-state index in [4.69, 9.17) is 4.74 Å². The number of hydrogen-bond donors (Lipinski definition) is 1. The van der Waals surface area contributed by atoms with Gasteiger partial charge in [0.1, 0.15) is 0 Å². The highest BCUT2D eigenvalue weighted by Gasteiger charge is 2.24. The van der Waals surface area contributed by atoms with Crippen LogP contribution in [0.25, 0.3) is 0 Å². The second-order valence-electron chi connectivity index (χ2n) is 7.56. The average Bonchev–Trinajstić information content (AvgIpc) is 2.89. The summed E-state index contributed by atoms with van der Waals surface area (Å²) >= 11 is 0. The van der Waals surface area contributed by atoms with Gasteiger partial charge in [-0.05, 0) is 57.3 Å². The fourth-order valence-corrected chi connectivity index (χ4v) is 3.71. The zero-order valence-electron chi connectivity index (χ0n) is 16.2. The lowest BCUT2D eigenvalue weighted by molar-refractivity contribution is 0.0256. The van der Waals surface area contributed by atoms with E-state index in [0.717, 1.165) is 56.0 Å². The average molecular weight is 361 g/mol. The van der Waals surface area contributed by atoms with Crippen LogP contribution in [-0.2, 0) is 11.3 Å². The van der Waals surface area contributed by atoms with Gasteiger partial charge in [0.05, 0.1) is 6.10 Å². The lowest BCUT2D eigenvalue weighted by Crippen LogP contribution is -2.46. The van der Waals surface area contributed by atoms with Gasteiger partial charge in [0.2, 0.25) is 0 Å². The summed E-state index contributed by atoms with van der Waals surface area (Å²) in [7, 11) is 0. The molecule has 1 atom stereocenters. The van der Waals surface area contributed by atoms with E-state index in [-0.39, 0.29) is 12.1 Å². The number of aryl methyl sites for hydroxylation is 2. The molecule has 0 saturated carbocycles. The number of hydrogen-bond acceptors (Lipinski definition) is 4. The number of carbonyl (C=O) groups excluding carboxylic acids is 1. The van der Waals surface area contributed by atoms with Gasteiger partial charge in [0.25, 0.3) is 0 Å². The number of piperidine rings is 1. The smallest absolute Gasteiger partial charge is 0.317 e. The zero-order chi connectivity index (χ0) is 18.4. The number of aromatic nitrogens is 1. The number of amides is 2. The van der Waals surface area contributed by atoms with Crippen LogP contribution in [0.4, 0.5) is 4.79 Å². The molecule has 2 fully saturated rings. The second kappa shape index (κ2) is 9.33. The molecule has 2 amide bonds. The molecule has 144 valence electrons. The number of nitrogens with one attached hydrogen (secondary N) is 1. The van der Waals surface area contributed by atoms with Gasteiger partial charge in [-0.25, -0.2) is 4.79 Å². The Labute approximate surface area is 156 Å². The molecule has 2 aliphatic heterocycles. The van der Waals surface area contributed by atoms with E-state index in [1.165, 1.54) is 19.3 Å². The van der Waals surface area contributed by atoms with Crippen LogP contribution in [0.3, 0.4) is 0 Å². The first-order valence-electron chi connectivity index (χ1n) is 9.90. The number of pyridine rings is 1. The molecule has 3 heterocycles. The monoisotopic (exact) mass is 360 g/mol. The van der Waals surface area contributed by atoms with Crippen molar-refractivity contribution in [2.45, 2.75) is 52.2 Å². The Morgan fingerprint density at radius 1 is 1.23 bits per heavy atom. The number of ether oxygens (including phenoxy) is 1. The molecular weight excluding hydrogens is 328 g/mol. The number of urea groups is 1. The van der Waals surface area contributed by atoms with Gasteiger partial charge >= 0.3 is 6.03 Å². The van der Waals surface area contributed by atoms with Crippen LogP contribution in [0, 0.1) is 13.8 Å². The number of rotatable bonds is 4. The van der Waals surface area contributed by atoms with Crippen molar-refractivity contribution in [3.8, 4) is 0 Å². The highest BCUT2D eigenvalue weighted by Crippen LogP contribution is 2.13. The normalized spacial score (nSPS) is 22.1. The molecule has 6 nitrogen and oxygen atoms in total. The predicted octanol–water partition coefficient (Wildman–Crippen LogP) is 2.48. The Morgan fingerprint density at radius 2 is 2.04 bits per heavy atom. The van der Waals surface area contributed by atoms with Crippen LogP contribution in [-0.4, -0.2) is 66.2 Å². The van der Waals surface area contributed by atoms with E-state index < -0.39 is 0 Å². The lowest BCUT2D eigenvalue weighted by Gasteiger charge is -2.31. The van der Waals surface area contributed by atoms with Gasteiger partial charge in [-0.2, -0.15) is 0 Å². The Balaban J connectivity index is 1.50. The molecule has 0 unspecified atom stereocenters. The molecule has 1 N–H and O–H groups in total. The third-order valence-corrected chi connectivity index (χ3v) is 5.39. The highest BCUT2D eigenvalue weighted by atomic mass is 16.5. The van der Waals surface area contributed by atoms with Crippen LogP contribution in [0.5, 0.6) is 0 Å². The van der Waals surface area contributed by atoms with Crippen molar-refractivity contribution in [1.29, 1.82) is 0 Å². The zero-order valence-corrected chi connectivity index (χ0v) is 16.2. The summed E-state index contributed by atoms with van der Waals surface area (Å²) in [5.74, 6) is 0. The van der Waals surface area contributed by atoms with E-state index in [9.17, 15) is 4.79 Å². The summed E-state index contributed by atoms with van der Waals surface area (Å²) in [5, 5.41) is 3.05. The van der Waals surface area contributed by atoms with E-state index in [0.29, 0.717) is 13.1 Å². The van der Waals surface area contributed by atoms with Crippen molar-refractivity contribution in [2.75, 3.05) is 39.3 Å². The van der Waals surface area contributed by atoms with Gasteiger partial charge in [0.15, 0.2) is 0 Å². The van der Waals surface area contributed by atoms with E-state index >= 15 is 0 Å². The lowest BCUT2D eigenvalue weighted by atomic mass is 10.1. The standard InChI is InChI=1S/C20H32N4O2/c1-16-11-18(12-21-17(16)2)13-22-20(25)24-9-6-10-26-19(15-24)14-23-7-4-3-5-8-23/h11-12,19H,3-10,13-15H2,1-2H3,(H,22,25)/t19-/m1/s1. The van der Waals surface area contributed by atoms with Crippen molar-refractivity contribution in [3.63, 3.8) is 0 Å². The molecule has 0 radical (unpaired) electrons. The summed E-state index contributed by atoms with van der Waals surface area (Å²) in [6.07, 6.45) is 6.75. The number of likely N-dealkylation sites (tertiary alicyclic amines) is 1. The maximum Gasteiger partial charge on any atom is 0.317 e. The third-order valence-electron chi connectivity index (χ3n) is 5.39. The molecule has 0 bridgehead atoms. The maximum absolute atomic E-state index is 12.6. The minimum Gasteiger partial charge on any atom is -0.375 e. The molecule has 0 aliphatic carbocycles. The van der Waals surface area contributed by atoms with Crippen molar-refractivity contribution < 1.29 is 9.53 Å². The third kappa shape index (κ3) is 5.42. The molecule has 2 aliphatic rings. The van der Waals surface area contributed by atoms with Gasteiger partial charge in [0, 0.05) is 44.7 Å². The first-order chi connectivity index (χ1) is 12.6. The van der Waals surface area contributed by atoms with Crippen molar-refractivity contribution in [3.05, 3.63) is 29.1 Å². The SMILES string of the molecule is Cc1cc(CNC(=O)N2CCCO[C@H](CN3CCCCC3)C2)cnc1C. The Kier molecular flexibility index (Phi) is 6.86. The van der Waals surface area contributed by atoms with Crippen molar-refractivity contribution in [1.82, 2.24) is 20.1 Å². The van der Waals surface area contributed by atoms with Crippen LogP contribution in [0.1, 0.15) is 42.5 Å². The minimum atomic E-state index is -0.00243. The van der Waals surface area contributed by atoms with E-state index in [1.807, 2.05) is 24.9 Å². The fraction of sp³-hybridized carbons (Fsp3) is 0.700. The predicted molar refractivity (Wildman–Crippen MR) is 102 cm³/mol. The number of carbonyl (C=O) groups is 1. The largest absolute Gasteiger partial charge is 0.375 e. The van der Waals surface area contributed by atoms with Crippen LogP contribution in [0.15, 0.2) is 12.3 Å². The van der Waals surface area contributed by atoms with Crippen molar-refractivity contribution in [2.24, 2.45) is 0 Å². The van der Waals surface area contributed by atoms with E-state index in [2.05, 4.69) is 21.3 Å². The highest BCUT2D eigenvalue weighted by molar-refractivity contribution is 5.74. The number of nitrogens with zero attached hydrogens (tertiary/aromatic N) is 3. The summed E-state index contributed by atoms with van der Waals surface area (Å²) in [4.78, 5) is 21.4. The molecule has 3 rings (SSSR count). The summed E-state index contributed by atoms with van der Waals surface area (Å²) in [5.41, 5.74) is 3.23. The molecule has 1 aromatic heterocycles. The molecule has 1 aromatic rings. The first kappa shape index (κ1) is 19.1. The Hall–Kier alpha value is -1.66. The molecular formula is C20H32N4O2. The van der Waals surface area contributed by atoms with Crippen molar-refractivity contribution >= 4 is 6.03 Å². The fourth-order valence-electron chi connectivity index (χ4n) is 3.71. The minimum absolute atomic E-state index is 0.00243. The van der Waals surface area contributed by atoms with Gasteiger partial charge < -0.3 is 19.9 Å². The Morgan fingerprint density at radius 3 is 2.81 bits per heavy atom. The van der Waals surface area contributed by atoms with Crippen LogP contribution < -0.4 is 5.32 Å². The molecule has 0 spiro atoms. The van der Waals surface area contributed by atoms with Gasteiger partial charge in [-0.15, -0.1) is 0 Å².